The Balaban J connectivity index is 1.69. The van der Waals surface area contributed by atoms with Crippen LogP contribution in [0.3, 0.4) is 0 Å². The first-order valence-corrected chi connectivity index (χ1v) is 12.1. The molecule has 0 fully saturated rings. The second kappa shape index (κ2) is 9.03. The lowest BCUT2D eigenvalue weighted by molar-refractivity contribution is -0.137. The van der Waals surface area contributed by atoms with Crippen molar-refractivity contribution in [3.63, 3.8) is 0 Å². The maximum atomic E-state index is 13.3. The van der Waals surface area contributed by atoms with Gasteiger partial charge in [-0.25, -0.2) is 8.42 Å². The van der Waals surface area contributed by atoms with Crippen molar-refractivity contribution in [1.29, 1.82) is 5.26 Å². The normalized spacial score (nSPS) is 15.4. The van der Waals surface area contributed by atoms with Gasteiger partial charge in [0.2, 0.25) is 0 Å². The van der Waals surface area contributed by atoms with Gasteiger partial charge < -0.3 is 4.74 Å². The fourth-order valence-electron chi connectivity index (χ4n) is 4.10. The second-order valence-corrected chi connectivity index (χ2v) is 9.69. The maximum absolute atomic E-state index is 13.3. The summed E-state index contributed by atoms with van der Waals surface area (Å²) in [6, 6.07) is 17.9. The van der Waals surface area contributed by atoms with Gasteiger partial charge in [-0.15, -0.1) is 0 Å². The van der Waals surface area contributed by atoms with Gasteiger partial charge in [-0.1, -0.05) is 24.3 Å². The van der Waals surface area contributed by atoms with Crippen LogP contribution in [0, 0.1) is 11.3 Å². The van der Waals surface area contributed by atoms with Crippen molar-refractivity contribution in [2.75, 3.05) is 10.8 Å². The van der Waals surface area contributed by atoms with Gasteiger partial charge in [0.05, 0.1) is 21.7 Å². The fourth-order valence-corrected chi connectivity index (χ4v) is 5.61. The third kappa shape index (κ3) is 4.46. The average molecular weight is 487 g/mol. The number of halogens is 3. The molecule has 4 rings (SSSR count). The third-order valence-electron chi connectivity index (χ3n) is 5.75. The van der Waals surface area contributed by atoms with Gasteiger partial charge in [0.15, 0.2) is 0 Å². The van der Waals surface area contributed by atoms with E-state index in [2.05, 4.69) is 6.07 Å². The van der Waals surface area contributed by atoms with Crippen LogP contribution in [-0.4, -0.2) is 15.0 Å². The van der Waals surface area contributed by atoms with Crippen LogP contribution in [0.25, 0.3) is 0 Å². The summed E-state index contributed by atoms with van der Waals surface area (Å²) in [4.78, 5) is -0.430. The van der Waals surface area contributed by atoms with E-state index in [1.165, 1.54) is 0 Å². The van der Waals surface area contributed by atoms with E-state index in [-0.39, 0.29) is 12.6 Å². The lowest BCUT2D eigenvalue weighted by Gasteiger charge is -2.25. The van der Waals surface area contributed by atoms with Crippen LogP contribution in [-0.2, 0) is 22.6 Å². The molecule has 0 aromatic heterocycles. The number of para-hydroxylation sites is 1. The molecule has 5 nitrogen and oxygen atoms in total. The summed E-state index contributed by atoms with van der Waals surface area (Å²) < 4.78 is 73.2. The highest BCUT2D eigenvalue weighted by atomic mass is 32.2. The monoisotopic (exact) mass is 486 g/mol. The topological polar surface area (TPSA) is 70.4 Å². The highest BCUT2D eigenvalue weighted by molar-refractivity contribution is 7.92. The van der Waals surface area contributed by atoms with E-state index in [1.807, 2.05) is 6.07 Å². The number of nitrogens with zero attached hydrogens (tertiary/aromatic N) is 2. The van der Waals surface area contributed by atoms with Crippen LogP contribution >= 0.6 is 0 Å². The predicted molar refractivity (Wildman–Crippen MR) is 121 cm³/mol. The molecule has 0 saturated heterocycles. The van der Waals surface area contributed by atoms with Crippen LogP contribution in [0.5, 0.6) is 5.75 Å². The van der Waals surface area contributed by atoms with E-state index in [9.17, 15) is 26.9 Å². The summed E-state index contributed by atoms with van der Waals surface area (Å²) in [6.07, 6.45) is -3.65. The molecule has 0 heterocycles. The molecule has 0 N–H and O–H groups in total. The molecular formula is C25H21F3N2O3S. The summed E-state index contributed by atoms with van der Waals surface area (Å²) >= 11 is 0. The van der Waals surface area contributed by atoms with Gasteiger partial charge >= 0.3 is 6.18 Å². The molecule has 0 aliphatic heterocycles. The Morgan fingerprint density at radius 2 is 1.85 bits per heavy atom. The average Bonchev–Trinajstić information content (AvgIpc) is 3.21. The molecule has 0 amide bonds. The summed E-state index contributed by atoms with van der Waals surface area (Å²) in [6.45, 7) is 1.65. The molecule has 1 aliphatic rings. The highest BCUT2D eigenvalue weighted by Gasteiger charge is 2.33. The molecule has 1 aliphatic carbocycles. The Morgan fingerprint density at radius 1 is 1.09 bits per heavy atom. The third-order valence-corrected chi connectivity index (χ3v) is 7.65. The molecule has 0 bridgehead atoms. The van der Waals surface area contributed by atoms with Crippen molar-refractivity contribution >= 4 is 15.7 Å². The van der Waals surface area contributed by atoms with E-state index in [0.29, 0.717) is 29.5 Å². The number of fused-ring (bicyclic) bond motifs is 1. The van der Waals surface area contributed by atoms with Crippen molar-refractivity contribution in [3.8, 4) is 11.8 Å². The fraction of sp³-hybridized carbons (Fsp3) is 0.240. The van der Waals surface area contributed by atoms with Crippen molar-refractivity contribution in [3.05, 3.63) is 89.0 Å². The van der Waals surface area contributed by atoms with Gasteiger partial charge in [0.25, 0.3) is 10.0 Å². The van der Waals surface area contributed by atoms with E-state index in [4.69, 9.17) is 4.74 Å². The second-order valence-electron chi connectivity index (χ2n) is 7.83. The van der Waals surface area contributed by atoms with Crippen LogP contribution in [0.4, 0.5) is 18.9 Å². The number of hydrogen-bond acceptors (Lipinski definition) is 4. The van der Waals surface area contributed by atoms with Gasteiger partial charge in [0, 0.05) is 6.54 Å². The molecule has 0 saturated carbocycles. The summed E-state index contributed by atoms with van der Waals surface area (Å²) in [7, 11) is -4.24. The Labute approximate surface area is 196 Å². The standard InChI is InChI=1S/C25H21F3N2O3S/c1-2-30(34(31,32)21-8-5-7-19(14-21)25(26,27)28)20-12-10-17-11-13-24(22(17)15-20)33-23-9-4-3-6-18(23)16-29/h3-10,12,14-15,24H,2,11,13H2,1H3. The Hall–Kier alpha value is -3.51. The molecule has 0 radical (unpaired) electrons. The number of hydrogen-bond donors (Lipinski definition) is 0. The largest absolute Gasteiger partial charge is 0.484 e. The first kappa shape index (κ1) is 23.6. The smallest absolute Gasteiger partial charge is 0.416 e. The number of aryl methyl sites for hydroxylation is 1. The highest BCUT2D eigenvalue weighted by Crippen LogP contribution is 2.39. The van der Waals surface area contributed by atoms with Crippen molar-refractivity contribution in [1.82, 2.24) is 0 Å². The van der Waals surface area contributed by atoms with Crippen molar-refractivity contribution in [2.45, 2.75) is 36.9 Å². The molecule has 1 atom stereocenters. The number of benzene rings is 3. The van der Waals surface area contributed by atoms with Crippen LogP contribution in [0.1, 0.15) is 41.7 Å². The molecule has 3 aromatic rings. The molecule has 0 spiro atoms. The molecule has 3 aromatic carbocycles. The predicted octanol–water partition coefficient (Wildman–Crippen LogP) is 5.86. The molecular weight excluding hydrogens is 465 g/mol. The van der Waals surface area contributed by atoms with Crippen molar-refractivity contribution < 1.29 is 26.3 Å². The zero-order valence-electron chi connectivity index (χ0n) is 18.2. The Kier molecular flexibility index (Phi) is 6.28. The maximum Gasteiger partial charge on any atom is 0.416 e. The molecule has 34 heavy (non-hydrogen) atoms. The molecule has 176 valence electrons. The number of rotatable bonds is 6. The van der Waals surface area contributed by atoms with Gasteiger partial charge in [-0.3, -0.25) is 4.31 Å². The number of anilines is 1. The Bertz CT molecular complexity index is 1360. The summed E-state index contributed by atoms with van der Waals surface area (Å²) in [5.41, 5.74) is 1.50. The molecule has 1 unspecified atom stereocenters. The number of sulfonamides is 1. The van der Waals surface area contributed by atoms with E-state index in [0.717, 1.165) is 40.1 Å². The lowest BCUT2D eigenvalue weighted by atomic mass is 10.1. The number of nitriles is 1. The van der Waals surface area contributed by atoms with Gasteiger partial charge in [-0.2, -0.15) is 18.4 Å². The zero-order chi connectivity index (χ0) is 24.5. The van der Waals surface area contributed by atoms with Gasteiger partial charge in [0.1, 0.15) is 17.9 Å². The van der Waals surface area contributed by atoms with Crippen LogP contribution in [0.15, 0.2) is 71.6 Å². The zero-order valence-corrected chi connectivity index (χ0v) is 19.0. The quantitative estimate of drug-likeness (QED) is 0.438. The number of ether oxygens (including phenoxy) is 1. The first-order chi connectivity index (χ1) is 16.1. The minimum atomic E-state index is -4.65. The minimum absolute atomic E-state index is 0.0279. The molecule has 9 heteroatoms. The summed E-state index contributed by atoms with van der Waals surface area (Å²) in [5.74, 6) is 0.442. The minimum Gasteiger partial charge on any atom is -0.484 e. The van der Waals surface area contributed by atoms with E-state index in [1.54, 1.807) is 43.3 Å². The number of alkyl halides is 3. The Morgan fingerprint density at radius 3 is 2.56 bits per heavy atom. The van der Waals surface area contributed by atoms with E-state index >= 15 is 0 Å². The van der Waals surface area contributed by atoms with Gasteiger partial charge in [-0.05, 0) is 73.4 Å². The SMILES string of the molecule is CCN(c1ccc2c(c1)C(Oc1ccccc1C#N)CC2)S(=O)(=O)c1cccc(C(F)(F)F)c1. The summed E-state index contributed by atoms with van der Waals surface area (Å²) in [5, 5.41) is 9.33. The van der Waals surface area contributed by atoms with Crippen molar-refractivity contribution in [2.24, 2.45) is 0 Å². The van der Waals surface area contributed by atoms with E-state index < -0.39 is 26.7 Å². The lowest BCUT2D eigenvalue weighted by Crippen LogP contribution is -2.31. The first-order valence-electron chi connectivity index (χ1n) is 10.6. The van der Waals surface area contributed by atoms with Crippen LogP contribution in [0.2, 0.25) is 0 Å². The van der Waals surface area contributed by atoms with Crippen LogP contribution < -0.4 is 9.04 Å².